The van der Waals surface area contributed by atoms with Gasteiger partial charge in [0, 0.05) is 5.56 Å². The number of hydrogen-bond acceptors (Lipinski definition) is 4. The van der Waals surface area contributed by atoms with Crippen molar-refractivity contribution in [3.8, 4) is 0 Å². The van der Waals surface area contributed by atoms with Gasteiger partial charge >= 0.3 is 6.05 Å². The Labute approximate surface area is 96.9 Å². The minimum atomic E-state index is -3.68. The zero-order valence-electron chi connectivity index (χ0n) is 8.85. The van der Waals surface area contributed by atoms with E-state index in [-0.39, 0.29) is 10.6 Å². The van der Waals surface area contributed by atoms with Crippen LogP contribution in [-0.2, 0) is 20.7 Å². The van der Waals surface area contributed by atoms with Crippen LogP contribution in [0.5, 0.6) is 0 Å². The predicted molar refractivity (Wildman–Crippen MR) is 56.2 cm³/mol. The van der Waals surface area contributed by atoms with Gasteiger partial charge in [-0.15, -0.1) is 4.99 Å². The van der Waals surface area contributed by atoms with Gasteiger partial charge in [-0.2, -0.15) is 8.78 Å². The van der Waals surface area contributed by atoms with Crippen LogP contribution in [0.3, 0.4) is 0 Å². The molecule has 1 aromatic carbocycles. The molecule has 0 atom stereocenters. The maximum absolute atomic E-state index is 13.1. The first-order chi connectivity index (χ1) is 7.83. The highest BCUT2D eigenvalue weighted by molar-refractivity contribution is 7.91. The summed E-state index contributed by atoms with van der Waals surface area (Å²) in [6.45, 7) is 1.45. The quantitative estimate of drug-likeness (QED) is 0.472. The van der Waals surface area contributed by atoms with Crippen LogP contribution >= 0.6 is 0 Å². The smallest absolute Gasteiger partial charge is 0.224 e. The van der Waals surface area contributed by atoms with Crippen LogP contribution in [0, 0.1) is 0 Å². The number of isocyanates is 1. The van der Waals surface area contributed by atoms with Crippen molar-refractivity contribution in [2.75, 3.05) is 5.75 Å². The van der Waals surface area contributed by atoms with Crippen molar-refractivity contribution in [2.45, 2.75) is 17.9 Å². The van der Waals surface area contributed by atoms with E-state index in [9.17, 15) is 22.0 Å². The molecular formula is C10H9F2NO3S. The molecule has 0 amide bonds. The summed E-state index contributed by atoms with van der Waals surface area (Å²) in [6, 6.07) is 0.272. The van der Waals surface area contributed by atoms with E-state index in [2.05, 4.69) is 4.99 Å². The van der Waals surface area contributed by atoms with E-state index < -0.39 is 21.4 Å². The molecule has 0 bridgehead atoms. The normalized spacial score (nSPS) is 11.9. The van der Waals surface area contributed by atoms with Crippen molar-refractivity contribution < 1.29 is 22.0 Å². The molecule has 0 aliphatic carbocycles. The molecule has 0 spiro atoms. The average molecular weight is 261 g/mol. The van der Waals surface area contributed by atoms with Crippen molar-refractivity contribution in [1.29, 1.82) is 0 Å². The summed E-state index contributed by atoms with van der Waals surface area (Å²) in [6.07, 6.45) is 0.769. The maximum Gasteiger partial charge on any atom is 0.379 e. The van der Waals surface area contributed by atoms with Crippen LogP contribution in [0.1, 0.15) is 12.5 Å². The zero-order valence-corrected chi connectivity index (χ0v) is 9.67. The van der Waals surface area contributed by atoms with E-state index in [4.69, 9.17) is 0 Å². The number of hydrogen-bond donors (Lipinski definition) is 0. The molecule has 0 heterocycles. The predicted octanol–water partition coefficient (Wildman–Crippen LogP) is 1.87. The summed E-state index contributed by atoms with van der Waals surface area (Å²) >= 11 is 0. The average Bonchev–Trinajstić information content (AvgIpc) is 2.29. The third-order valence-corrected chi connectivity index (χ3v) is 3.88. The Morgan fingerprint density at radius 1 is 1.29 bits per heavy atom. The lowest BCUT2D eigenvalue weighted by molar-refractivity contribution is 0.00611. The van der Waals surface area contributed by atoms with E-state index in [1.165, 1.54) is 6.92 Å². The highest BCUT2D eigenvalue weighted by Gasteiger charge is 2.31. The first-order valence-corrected chi connectivity index (χ1v) is 6.29. The summed E-state index contributed by atoms with van der Waals surface area (Å²) < 4.78 is 49.0. The number of benzene rings is 1. The molecule has 1 rings (SSSR count). The number of halogens is 2. The van der Waals surface area contributed by atoms with Crippen molar-refractivity contribution in [3.05, 3.63) is 29.8 Å². The maximum atomic E-state index is 13.1. The Morgan fingerprint density at radius 3 is 2.24 bits per heavy atom. The lowest BCUT2D eigenvalue weighted by atomic mass is 10.2. The van der Waals surface area contributed by atoms with Gasteiger partial charge in [0.25, 0.3) is 0 Å². The van der Waals surface area contributed by atoms with Gasteiger partial charge in [-0.05, 0) is 24.3 Å². The van der Waals surface area contributed by atoms with Crippen molar-refractivity contribution >= 4 is 15.9 Å². The molecule has 0 radical (unpaired) electrons. The van der Waals surface area contributed by atoms with E-state index >= 15 is 0 Å². The van der Waals surface area contributed by atoms with Crippen LogP contribution in [0.25, 0.3) is 0 Å². The Hall–Kier alpha value is -1.59. The number of nitrogens with zero attached hydrogens (tertiary/aromatic N) is 1. The lowest BCUT2D eigenvalue weighted by Crippen LogP contribution is -2.10. The summed E-state index contributed by atoms with van der Waals surface area (Å²) in [5, 5.41) is 0. The second kappa shape index (κ2) is 4.73. The van der Waals surface area contributed by atoms with Crippen LogP contribution in [0.2, 0.25) is 0 Å². The molecule has 7 heteroatoms. The lowest BCUT2D eigenvalue weighted by Gasteiger charge is -2.09. The Bertz CT molecular complexity index is 545. The topological polar surface area (TPSA) is 63.6 Å². The van der Waals surface area contributed by atoms with Gasteiger partial charge in [-0.1, -0.05) is 6.92 Å². The fraction of sp³-hybridized carbons (Fsp3) is 0.300. The van der Waals surface area contributed by atoms with Gasteiger partial charge in [0.2, 0.25) is 6.08 Å². The number of sulfone groups is 1. The number of alkyl halides is 2. The molecule has 0 aromatic heterocycles. The van der Waals surface area contributed by atoms with E-state index in [0.29, 0.717) is 0 Å². The molecule has 0 N–H and O–H groups in total. The number of aliphatic imine (C=N–C) groups is 1. The fourth-order valence-corrected chi connectivity index (χ4v) is 2.04. The summed E-state index contributed by atoms with van der Waals surface area (Å²) in [4.78, 5) is 12.1. The number of carbonyl (C=O) groups excluding carboxylic acids is 1. The summed E-state index contributed by atoms with van der Waals surface area (Å²) in [5.41, 5.74) is -0.559. The van der Waals surface area contributed by atoms with Gasteiger partial charge in [-0.3, -0.25) is 0 Å². The third kappa shape index (κ3) is 2.95. The highest BCUT2D eigenvalue weighted by Crippen LogP contribution is 2.29. The minimum Gasteiger partial charge on any atom is -0.224 e. The van der Waals surface area contributed by atoms with Gasteiger partial charge < -0.3 is 0 Å². The summed E-state index contributed by atoms with van der Waals surface area (Å²) in [7, 11) is -3.43. The standard InChI is InChI=1S/C10H9F2NO3S/c1-2-17(15,16)9-5-3-8(4-6-9)10(11,12)13-7-14/h3-6H,2H2,1H3. The van der Waals surface area contributed by atoms with E-state index in [1.54, 1.807) is 0 Å². The van der Waals surface area contributed by atoms with Gasteiger partial charge in [-0.25, -0.2) is 13.2 Å². The second-order valence-corrected chi connectivity index (χ2v) is 5.45. The molecule has 0 aliphatic heterocycles. The molecule has 4 nitrogen and oxygen atoms in total. The fourth-order valence-electron chi connectivity index (χ4n) is 1.15. The monoisotopic (exact) mass is 261 g/mol. The first kappa shape index (κ1) is 13.5. The molecule has 0 saturated carbocycles. The Kier molecular flexibility index (Phi) is 3.75. The van der Waals surface area contributed by atoms with Crippen molar-refractivity contribution in [2.24, 2.45) is 4.99 Å². The molecule has 1 aromatic rings. The third-order valence-electron chi connectivity index (χ3n) is 2.13. The second-order valence-electron chi connectivity index (χ2n) is 3.17. The van der Waals surface area contributed by atoms with Crippen LogP contribution in [0.4, 0.5) is 8.78 Å². The van der Waals surface area contributed by atoms with E-state index in [0.717, 1.165) is 30.3 Å². The molecule has 17 heavy (non-hydrogen) atoms. The van der Waals surface area contributed by atoms with Crippen molar-refractivity contribution in [1.82, 2.24) is 0 Å². The van der Waals surface area contributed by atoms with Crippen LogP contribution < -0.4 is 0 Å². The molecular weight excluding hydrogens is 252 g/mol. The Morgan fingerprint density at radius 2 is 1.82 bits per heavy atom. The number of rotatable bonds is 4. The zero-order chi connectivity index (χ0) is 13.1. The van der Waals surface area contributed by atoms with Crippen molar-refractivity contribution in [3.63, 3.8) is 0 Å². The molecule has 0 aliphatic rings. The highest BCUT2D eigenvalue weighted by atomic mass is 32.2. The minimum absolute atomic E-state index is 0.0466. The van der Waals surface area contributed by atoms with E-state index in [1.807, 2.05) is 0 Å². The SMILES string of the molecule is CCS(=O)(=O)c1ccc(C(F)(F)N=C=O)cc1. The molecule has 92 valence electrons. The van der Waals surface area contributed by atoms with Gasteiger partial charge in [0.05, 0.1) is 10.6 Å². The Balaban J connectivity index is 3.17. The van der Waals surface area contributed by atoms with Crippen LogP contribution in [-0.4, -0.2) is 20.3 Å². The molecule has 0 unspecified atom stereocenters. The largest absolute Gasteiger partial charge is 0.379 e. The summed E-state index contributed by atoms with van der Waals surface area (Å²) in [5.74, 6) is -0.116. The first-order valence-electron chi connectivity index (χ1n) is 4.63. The molecule has 0 saturated heterocycles. The van der Waals surface area contributed by atoms with Gasteiger partial charge in [0.15, 0.2) is 9.84 Å². The van der Waals surface area contributed by atoms with Crippen LogP contribution in [0.15, 0.2) is 34.2 Å². The van der Waals surface area contributed by atoms with Gasteiger partial charge in [0.1, 0.15) is 0 Å². The molecule has 0 fully saturated rings.